The van der Waals surface area contributed by atoms with Crippen molar-refractivity contribution in [2.75, 3.05) is 25.0 Å². The highest BCUT2D eigenvalue weighted by molar-refractivity contribution is 5.98. The first-order chi connectivity index (χ1) is 16.4. The zero-order chi connectivity index (χ0) is 24.1. The molecule has 1 atom stereocenters. The summed E-state index contributed by atoms with van der Waals surface area (Å²) in [5.41, 5.74) is 1.05. The lowest BCUT2D eigenvalue weighted by Gasteiger charge is -2.39. The Morgan fingerprint density at radius 3 is 2.38 bits per heavy atom. The lowest BCUT2D eigenvalue weighted by molar-refractivity contribution is -0.141. The summed E-state index contributed by atoms with van der Waals surface area (Å²) in [7, 11) is 0. The number of nitrogens with one attached hydrogen (secondary N) is 2. The van der Waals surface area contributed by atoms with E-state index in [1.807, 2.05) is 0 Å². The number of ether oxygens (including phenoxy) is 1. The number of halogens is 1. The average Bonchev–Trinajstić information content (AvgIpc) is 3.34. The zero-order valence-electron chi connectivity index (χ0n) is 18.0. The Hall–Kier alpha value is -4.41. The molecule has 34 heavy (non-hydrogen) atoms. The number of piperazine rings is 1. The van der Waals surface area contributed by atoms with Gasteiger partial charge in [0.05, 0.1) is 19.3 Å². The van der Waals surface area contributed by atoms with Crippen LogP contribution in [0.3, 0.4) is 0 Å². The third kappa shape index (κ3) is 5.49. The van der Waals surface area contributed by atoms with E-state index in [1.54, 1.807) is 24.3 Å². The highest BCUT2D eigenvalue weighted by Crippen LogP contribution is 2.24. The molecule has 176 valence electrons. The van der Waals surface area contributed by atoms with Crippen molar-refractivity contribution in [2.45, 2.75) is 12.5 Å². The number of carbonyl (C=O) groups is 3. The van der Waals surface area contributed by atoms with Crippen molar-refractivity contribution in [3.05, 3.63) is 72.6 Å². The molecule has 11 heteroatoms. The maximum absolute atomic E-state index is 13.0. The number of rotatable bonds is 6. The van der Waals surface area contributed by atoms with Crippen LogP contribution < -0.4 is 10.1 Å². The highest BCUT2D eigenvalue weighted by atomic mass is 19.1. The van der Waals surface area contributed by atoms with Gasteiger partial charge in [0.2, 0.25) is 11.8 Å². The van der Waals surface area contributed by atoms with Gasteiger partial charge in [-0.15, -0.1) is 0 Å². The average molecular weight is 467 g/mol. The molecule has 0 spiro atoms. The van der Waals surface area contributed by atoms with Gasteiger partial charge in [0.25, 0.3) is 0 Å². The molecule has 0 bridgehead atoms. The van der Waals surface area contributed by atoms with Crippen LogP contribution in [0.2, 0.25) is 0 Å². The van der Waals surface area contributed by atoms with E-state index in [-0.39, 0.29) is 37.8 Å². The molecule has 3 amide bonds. The molecule has 4 rings (SSSR count). The van der Waals surface area contributed by atoms with Crippen LogP contribution in [0.25, 0.3) is 0 Å². The van der Waals surface area contributed by atoms with E-state index in [0.29, 0.717) is 22.9 Å². The molecule has 1 aliphatic heterocycles. The second-order valence-electron chi connectivity index (χ2n) is 7.65. The summed E-state index contributed by atoms with van der Waals surface area (Å²) >= 11 is 0. The standard InChI is InChI=1S/C23H22FN5O5/c24-15-1-5-18(6-2-15)34-19-7-3-16(4-8-19)27-22(31)20-13-28(23(32)33)9-10-29(20)21(30)11-17-12-25-14-26-17/h1-8,12,14,20H,9-11,13H2,(H,25,26)(H,27,31)(H,32,33). The summed E-state index contributed by atoms with van der Waals surface area (Å²) in [6.45, 7) is 0.0761. The van der Waals surface area contributed by atoms with Crippen molar-refractivity contribution in [3.8, 4) is 11.5 Å². The van der Waals surface area contributed by atoms with E-state index in [9.17, 15) is 23.9 Å². The number of nitrogens with zero attached hydrogens (tertiary/aromatic N) is 3. The first kappa shape index (κ1) is 22.8. The molecule has 1 aromatic heterocycles. The predicted molar refractivity (Wildman–Crippen MR) is 119 cm³/mol. The largest absolute Gasteiger partial charge is 0.465 e. The topological polar surface area (TPSA) is 128 Å². The number of imidazole rings is 1. The Balaban J connectivity index is 1.43. The van der Waals surface area contributed by atoms with Gasteiger partial charge in [-0.05, 0) is 48.5 Å². The third-order valence-electron chi connectivity index (χ3n) is 5.34. The monoisotopic (exact) mass is 467 g/mol. The van der Waals surface area contributed by atoms with E-state index >= 15 is 0 Å². The second-order valence-corrected chi connectivity index (χ2v) is 7.65. The van der Waals surface area contributed by atoms with Crippen LogP contribution in [-0.2, 0) is 16.0 Å². The number of aromatic nitrogens is 2. The fourth-order valence-corrected chi connectivity index (χ4v) is 3.60. The maximum Gasteiger partial charge on any atom is 0.407 e. The molecule has 2 heterocycles. The smallest absolute Gasteiger partial charge is 0.407 e. The van der Waals surface area contributed by atoms with Crippen molar-refractivity contribution in [3.63, 3.8) is 0 Å². The van der Waals surface area contributed by atoms with E-state index in [1.165, 1.54) is 41.7 Å². The van der Waals surface area contributed by atoms with Crippen LogP contribution in [0.4, 0.5) is 14.9 Å². The number of aromatic amines is 1. The SMILES string of the molecule is O=C(Nc1ccc(Oc2ccc(F)cc2)cc1)C1CN(C(=O)O)CCN1C(=O)Cc1cnc[nH]1. The number of carboxylic acid groups (broad SMARTS) is 1. The van der Waals surface area contributed by atoms with Gasteiger partial charge in [-0.2, -0.15) is 0 Å². The van der Waals surface area contributed by atoms with Gasteiger partial charge in [-0.1, -0.05) is 0 Å². The van der Waals surface area contributed by atoms with E-state index in [2.05, 4.69) is 15.3 Å². The van der Waals surface area contributed by atoms with E-state index in [4.69, 9.17) is 4.74 Å². The molecule has 10 nitrogen and oxygen atoms in total. The first-order valence-electron chi connectivity index (χ1n) is 10.5. The van der Waals surface area contributed by atoms with Gasteiger partial charge in [0.1, 0.15) is 23.4 Å². The number of anilines is 1. The fraction of sp³-hybridized carbons (Fsp3) is 0.217. The number of amides is 3. The second kappa shape index (κ2) is 10.0. The summed E-state index contributed by atoms with van der Waals surface area (Å²) < 4.78 is 18.7. The number of benzene rings is 2. The summed E-state index contributed by atoms with van der Waals surface area (Å²) in [6, 6.07) is 11.1. The number of hydrogen-bond donors (Lipinski definition) is 3. The Kier molecular flexibility index (Phi) is 6.72. The van der Waals surface area contributed by atoms with Crippen molar-refractivity contribution in [1.29, 1.82) is 0 Å². The molecule has 0 saturated carbocycles. The van der Waals surface area contributed by atoms with Gasteiger partial charge in [0.15, 0.2) is 0 Å². The third-order valence-corrected chi connectivity index (χ3v) is 5.34. The number of H-pyrrole nitrogens is 1. The fourth-order valence-electron chi connectivity index (χ4n) is 3.60. The van der Waals surface area contributed by atoms with Gasteiger partial charge in [-0.25, -0.2) is 14.2 Å². The quantitative estimate of drug-likeness (QED) is 0.512. The minimum atomic E-state index is -1.15. The molecular weight excluding hydrogens is 445 g/mol. The first-order valence-corrected chi connectivity index (χ1v) is 10.5. The van der Waals surface area contributed by atoms with Gasteiger partial charge < -0.3 is 29.9 Å². The number of hydrogen-bond acceptors (Lipinski definition) is 5. The van der Waals surface area contributed by atoms with Gasteiger partial charge in [0, 0.05) is 30.7 Å². The Morgan fingerprint density at radius 1 is 1.09 bits per heavy atom. The molecule has 3 N–H and O–H groups in total. The van der Waals surface area contributed by atoms with Crippen LogP contribution in [0.15, 0.2) is 61.1 Å². The van der Waals surface area contributed by atoms with Crippen LogP contribution in [0.5, 0.6) is 11.5 Å². The summed E-state index contributed by atoms with van der Waals surface area (Å²) in [5, 5.41) is 12.1. The minimum Gasteiger partial charge on any atom is -0.465 e. The predicted octanol–water partition coefficient (Wildman–Crippen LogP) is 2.71. The van der Waals surface area contributed by atoms with Crippen molar-refractivity contribution >= 4 is 23.6 Å². The summed E-state index contributed by atoms with van der Waals surface area (Å²) in [5.74, 6) is -0.239. The molecule has 0 radical (unpaired) electrons. The Morgan fingerprint density at radius 2 is 1.76 bits per heavy atom. The zero-order valence-corrected chi connectivity index (χ0v) is 18.0. The van der Waals surface area contributed by atoms with E-state index in [0.717, 1.165) is 4.90 Å². The van der Waals surface area contributed by atoms with Crippen LogP contribution in [-0.4, -0.2) is 68.5 Å². The van der Waals surface area contributed by atoms with Gasteiger partial charge >= 0.3 is 6.09 Å². The lowest BCUT2D eigenvalue weighted by atomic mass is 10.1. The molecule has 0 aliphatic carbocycles. The summed E-state index contributed by atoms with van der Waals surface area (Å²) in [6.07, 6.45) is 1.85. The minimum absolute atomic E-state index is 0.0201. The van der Waals surface area contributed by atoms with Gasteiger partial charge in [-0.3, -0.25) is 9.59 Å². The van der Waals surface area contributed by atoms with Crippen LogP contribution >= 0.6 is 0 Å². The number of carbonyl (C=O) groups excluding carboxylic acids is 2. The van der Waals surface area contributed by atoms with Crippen molar-refractivity contribution in [1.82, 2.24) is 19.8 Å². The lowest BCUT2D eigenvalue weighted by Crippen LogP contribution is -2.60. The highest BCUT2D eigenvalue weighted by Gasteiger charge is 2.37. The molecule has 1 aliphatic rings. The summed E-state index contributed by atoms with van der Waals surface area (Å²) in [4.78, 5) is 46.6. The molecule has 3 aromatic rings. The van der Waals surface area contributed by atoms with Crippen molar-refractivity contribution in [2.24, 2.45) is 0 Å². The normalized spacial score (nSPS) is 15.6. The van der Waals surface area contributed by atoms with Crippen LogP contribution in [0.1, 0.15) is 5.69 Å². The van der Waals surface area contributed by atoms with E-state index < -0.39 is 18.0 Å². The Bertz CT molecular complexity index is 1150. The Labute approximate surface area is 194 Å². The molecule has 1 saturated heterocycles. The molecule has 2 aromatic carbocycles. The van der Waals surface area contributed by atoms with Crippen molar-refractivity contribution < 1.29 is 28.6 Å². The maximum atomic E-state index is 13.0. The van der Waals surface area contributed by atoms with Crippen LogP contribution in [0, 0.1) is 5.82 Å². The molecule has 1 fully saturated rings. The molecular formula is C23H22FN5O5. The molecule has 1 unspecified atom stereocenters.